The second-order valence-electron chi connectivity index (χ2n) is 7.70. The third-order valence-corrected chi connectivity index (χ3v) is 5.77. The van der Waals surface area contributed by atoms with Gasteiger partial charge in [0.25, 0.3) is 0 Å². The summed E-state index contributed by atoms with van der Waals surface area (Å²) in [7, 11) is -4.16. The van der Waals surface area contributed by atoms with Gasteiger partial charge in [0.15, 0.2) is 18.2 Å². The van der Waals surface area contributed by atoms with Crippen molar-refractivity contribution in [1.82, 2.24) is 0 Å². The van der Waals surface area contributed by atoms with E-state index in [4.69, 9.17) is 9.47 Å². The SMILES string of the molecule is CCCCCCOC(C)(OCCCCCC)c1cc[n+](CCCS(=O)(=O)[O-])cc1.[NaH]. The van der Waals surface area contributed by atoms with Crippen LogP contribution in [0.25, 0.3) is 0 Å². The molecule has 0 saturated heterocycles. The molecule has 6 nitrogen and oxygen atoms in total. The van der Waals surface area contributed by atoms with Gasteiger partial charge in [-0.2, -0.15) is 0 Å². The zero-order chi connectivity index (χ0) is 21.6. The topological polar surface area (TPSA) is 79.5 Å². The number of rotatable bonds is 17. The summed E-state index contributed by atoms with van der Waals surface area (Å²) in [6.07, 6.45) is 13.2. The Bertz CT molecular complexity index is 638. The molecule has 1 rings (SSSR count). The first kappa shape index (κ1) is 30.0. The fourth-order valence-electron chi connectivity index (χ4n) is 3.13. The monoisotopic (exact) mass is 453 g/mol. The van der Waals surface area contributed by atoms with E-state index in [0.717, 1.165) is 31.2 Å². The molecular formula is C22H40NNaO5S. The molecule has 0 bridgehead atoms. The van der Waals surface area contributed by atoms with Gasteiger partial charge < -0.3 is 14.0 Å². The molecule has 0 N–H and O–H groups in total. The number of unbranched alkanes of at least 4 members (excludes halogenated alkanes) is 6. The van der Waals surface area contributed by atoms with Crippen molar-refractivity contribution in [3.63, 3.8) is 0 Å². The molecule has 0 spiro atoms. The molecule has 0 aliphatic carbocycles. The van der Waals surface area contributed by atoms with Crippen LogP contribution < -0.4 is 4.57 Å². The van der Waals surface area contributed by atoms with Crippen molar-refractivity contribution < 1.29 is 27.0 Å². The number of aryl methyl sites for hydroxylation is 1. The average molecular weight is 454 g/mol. The van der Waals surface area contributed by atoms with Gasteiger partial charge in [0.05, 0.1) is 23.3 Å². The molecule has 1 aromatic rings. The van der Waals surface area contributed by atoms with E-state index in [1.165, 1.54) is 25.7 Å². The first-order valence-corrected chi connectivity index (χ1v) is 12.6. The van der Waals surface area contributed by atoms with Crippen LogP contribution in [0.3, 0.4) is 0 Å². The van der Waals surface area contributed by atoms with Crippen LogP contribution in [0, 0.1) is 0 Å². The number of hydrogen-bond donors (Lipinski definition) is 0. The molecule has 30 heavy (non-hydrogen) atoms. The maximum absolute atomic E-state index is 10.7. The van der Waals surface area contributed by atoms with E-state index in [1.807, 2.05) is 36.0 Å². The standard InChI is InChI=1S/C22H39NO5S.Na.H/c1-4-6-8-10-18-27-22(3,28-19-11-9-7-5-2)21-13-16-23(17-14-21)15-12-20-29(24,25)26;;/h13-14,16-17H,4-12,15,18-20H2,1-3H3;;. The number of ether oxygens (including phenoxy) is 2. The molecule has 0 atom stereocenters. The fourth-order valence-corrected chi connectivity index (χ4v) is 3.62. The summed E-state index contributed by atoms with van der Waals surface area (Å²) in [5, 5.41) is 0. The van der Waals surface area contributed by atoms with E-state index in [9.17, 15) is 13.0 Å². The second kappa shape index (κ2) is 16.6. The summed E-state index contributed by atoms with van der Waals surface area (Å²) >= 11 is 0. The van der Waals surface area contributed by atoms with Crippen molar-refractivity contribution in [2.24, 2.45) is 0 Å². The first-order chi connectivity index (χ1) is 13.8. The van der Waals surface area contributed by atoms with E-state index in [2.05, 4.69) is 13.8 Å². The van der Waals surface area contributed by atoms with Gasteiger partial charge in [-0.15, -0.1) is 0 Å². The molecule has 170 valence electrons. The molecule has 0 fully saturated rings. The zero-order valence-electron chi connectivity index (χ0n) is 18.4. The van der Waals surface area contributed by atoms with E-state index in [1.54, 1.807) is 0 Å². The zero-order valence-corrected chi connectivity index (χ0v) is 19.2. The van der Waals surface area contributed by atoms with Crippen molar-refractivity contribution >= 4 is 39.7 Å². The van der Waals surface area contributed by atoms with Crippen LogP contribution in [0.15, 0.2) is 24.5 Å². The number of nitrogens with zero attached hydrogens (tertiary/aromatic N) is 1. The van der Waals surface area contributed by atoms with E-state index >= 15 is 0 Å². The van der Waals surface area contributed by atoms with Crippen LogP contribution in [-0.2, 0) is 31.9 Å². The summed E-state index contributed by atoms with van der Waals surface area (Å²) < 4.78 is 46.5. The van der Waals surface area contributed by atoms with Crippen LogP contribution in [0.4, 0.5) is 0 Å². The Kier molecular flexibility index (Phi) is 16.6. The Hall–Kier alpha value is -0.0200. The Morgan fingerprint density at radius 2 is 1.40 bits per heavy atom. The maximum atomic E-state index is 10.7. The van der Waals surface area contributed by atoms with Crippen molar-refractivity contribution in [1.29, 1.82) is 0 Å². The number of hydrogen-bond acceptors (Lipinski definition) is 5. The summed E-state index contributed by atoms with van der Waals surface area (Å²) in [5.74, 6) is -1.14. The van der Waals surface area contributed by atoms with Crippen LogP contribution in [0.2, 0.25) is 0 Å². The Balaban J connectivity index is 0.00000841. The van der Waals surface area contributed by atoms with Crippen LogP contribution in [-0.4, -0.2) is 61.5 Å². The summed E-state index contributed by atoms with van der Waals surface area (Å²) in [5.41, 5.74) is 0.941. The molecule has 0 unspecified atom stereocenters. The third-order valence-electron chi connectivity index (χ3n) is 4.98. The van der Waals surface area contributed by atoms with Gasteiger partial charge >= 0.3 is 29.6 Å². The van der Waals surface area contributed by atoms with Crippen molar-refractivity contribution in [3.05, 3.63) is 30.1 Å². The van der Waals surface area contributed by atoms with Gasteiger partial charge in [-0.05, 0) is 19.8 Å². The second-order valence-corrected chi connectivity index (χ2v) is 9.23. The van der Waals surface area contributed by atoms with Gasteiger partial charge in [-0.1, -0.05) is 52.4 Å². The average Bonchev–Trinajstić information content (AvgIpc) is 2.67. The molecule has 1 aromatic heterocycles. The Morgan fingerprint density at radius 1 is 0.900 bits per heavy atom. The quantitative estimate of drug-likeness (QED) is 0.118. The van der Waals surface area contributed by atoms with Gasteiger partial charge in [0, 0.05) is 29.9 Å². The molecule has 0 aromatic carbocycles. The van der Waals surface area contributed by atoms with Gasteiger partial charge in [0.1, 0.15) is 6.54 Å². The Morgan fingerprint density at radius 3 is 1.83 bits per heavy atom. The van der Waals surface area contributed by atoms with Crippen molar-refractivity contribution in [3.8, 4) is 0 Å². The number of pyridine rings is 1. The predicted octanol–water partition coefficient (Wildman–Crippen LogP) is 3.63. The van der Waals surface area contributed by atoms with Crippen molar-refractivity contribution in [2.75, 3.05) is 19.0 Å². The molecule has 8 heteroatoms. The third kappa shape index (κ3) is 13.4. The minimum atomic E-state index is -4.16. The van der Waals surface area contributed by atoms with E-state index in [0.29, 0.717) is 26.2 Å². The van der Waals surface area contributed by atoms with Crippen LogP contribution >= 0.6 is 0 Å². The van der Waals surface area contributed by atoms with Gasteiger partial charge in [0.2, 0.25) is 0 Å². The normalized spacial score (nSPS) is 12.0. The molecule has 0 radical (unpaired) electrons. The predicted molar refractivity (Wildman–Crippen MR) is 121 cm³/mol. The molecule has 0 saturated carbocycles. The number of aromatic nitrogens is 1. The molecule has 0 amide bonds. The Labute approximate surface area is 205 Å². The summed E-state index contributed by atoms with van der Waals surface area (Å²) in [4.78, 5) is 0. The summed E-state index contributed by atoms with van der Waals surface area (Å²) in [6, 6.07) is 3.90. The van der Waals surface area contributed by atoms with Crippen LogP contribution in [0.1, 0.15) is 84.1 Å². The van der Waals surface area contributed by atoms with Crippen LogP contribution in [0.5, 0.6) is 0 Å². The first-order valence-electron chi connectivity index (χ1n) is 11.0. The van der Waals surface area contributed by atoms with Gasteiger partial charge in [-0.25, -0.2) is 13.0 Å². The fraction of sp³-hybridized carbons (Fsp3) is 0.773. The molecule has 0 aliphatic heterocycles. The summed E-state index contributed by atoms with van der Waals surface area (Å²) in [6.45, 7) is 8.14. The molecule has 0 aliphatic rings. The van der Waals surface area contributed by atoms with Gasteiger partial charge in [-0.3, -0.25) is 0 Å². The molecule has 1 heterocycles. The van der Waals surface area contributed by atoms with Crippen molar-refractivity contribution in [2.45, 2.75) is 90.9 Å². The van der Waals surface area contributed by atoms with E-state index < -0.39 is 15.9 Å². The van der Waals surface area contributed by atoms with E-state index in [-0.39, 0.29) is 35.3 Å². The minimum absolute atomic E-state index is 0. The molecular weight excluding hydrogens is 413 g/mol.